The maximum atomic E-state index is 12.2. The number of alkyl carbamates (subject to hydrolysis) is 1. The van der Waals surface area contributed by atoms with E-state index >= 15 is 0 Å². The molecule has 1 atom stereocenters. The molecule has 3 N–H and O–H groups in total. The molecule has 0 heterocycles. The van der Waals surface area contributed by atoms with E-state index in [0.29, 0.717) is 37.1 Å². The molecule has 0 radical (unpaired) electrons. The van der Waals surface area contributed by atoms with Crippen molar-refractivity contribution in [3.63, 3.8) is 0 Å². The number of nitro benzene ring substituents is 1. The van der Waals surface area contributed by atoms with Crippen molar-refractivity contribution in [1.82, 2.24) is 10.6 Å². The maximum absolute atomic E-state index is 12.2. The number of amides is 2. The fourth-order valence-corrected chi connectivity index (χ4v) is 3.28. The molecule has 0 saturated carbocycles. The number of non-ortho nitro benzene ring substituents is 1. The number of rotatable bonds is 14. The second kappa shape index (κ2) is 14.2. The summed E-state index contributed by atoms with van der Waals surface area (Å²) in [6.45, 7) is 0.569. The van der Waals surface area contributed by atoms with Crippen molar-refractivity contribution < 1.29 is 33.9 Å². The molecule has 0 bridgehead atoms. The van der Waals surface area contributed by atoms with E-state index in [-0.39, 0.29) is 25.1 Å². The van der Waals surface area contributed by atoms with Crippen LogP contribution in [0.1, 0.15) is 36.8 Å². The Kier molecular flexibility index (Phi) is 11.0. The fraction of sp³-hybridized carbons (Fsp3) is 0.375. The van der Waals surface area contributed by atoms with E-state index in [2.05, 4.69) is 10.6 Å². The van der Waals surface area contributed by atoms with Crippen LogP contribution in [0.15, 0.2) is 48.5 Å². The van der Waals surface area contributed by atoms with Crippen LogP contribution in [0.3, 0.4) is 0 Å². The van der Waals surface area contributed by atoms with Crippen LogP contribution in [0.4, 0.5) is 10.5 Å². The first kappa shape index (κ1) is 27.1. The highest BCUT2D eigenvalue weighted by Crippen LogP contribution is 2.25. The van der Waals surface area contributed by atoms with Gasteiger partial charge in [-0.3, -0.25) is 14.9 Å². The molecule has 0 aromatic heterocycles. The van der Waals surface area contributed by atoms with Crippen LogP contribution in [0, 0.1) is 10.1 Å². The van der Waals surface area contributed by atoms with E-state index in [1.54, 1.807) is 0 Å². The molecule has 2 rings (SSSR count). The first-order valence-electron chi connectivity index (χ1n) is 11.1. The molecule has 2 amide bonds. The van der Waals surface area contributed by atoms with Gasteiger partial charge in [0.1, 0.15) is 18.4 Å². The number of unbranched alkanes of at least 4 members (excludes halogenated alkanes) is 2. The molecule has 0 aliphatic heterocycles. The number of carbonyl (C=O) groups excluding carboxylic acids is 2. The zero-order valence-electron chi connectivity index (χ0n) is 19.4. The Morgan fingerprint density at radius 3 is 2.49 bits per heavy atom. The van der Waals surface area contributed by atoms with Gasteiger partial charge in [0.25, 0.3) is 5.69 Å². The summed E-state index contributed by atoms with van der Waals surface area (Å²) in [5, 5.41) is 25.6. The molecular weight excluding hydrogens is 458 g/mol. The third-order valence-electron chi connectivity index (χ3n) is 5.09. The highest BCUT2D eigenvalue weighted by atomic mass is 16.6. The van der Waals surface area contributed by atoms with Crippen molar-refractivity contribution in [2.45, 2.75) is 44.8 Å². The lowest BCUT2D eigenvalue weighted by Gasteiger charge is -2.16. The minimum atomic E-state index is -1.26. The summed E-state index contributed by atoms with van der Waals surface area (Å²) in [5.41, 5.74) is 0.991. The molecule has 2 aromatic carbocycles. The molecule has 2 aromatic rings. The highest BCUT2D eigenvalue weighted by molar-refractivity contribution is 5.83. The van der Waals surface area contributed by atoms with Gasteiger partial charge < -0.3 is 25.2 Å². The zero-order valence-corrected chi connectivity index (χ0v) is 19.4. The molecular formula is C24H29N3O8. The molecule has 0 aliphatic rings. The Labute approximate surface area is 202 Å². The minimum Gasteiger partial charge on any atom is -0.496 e. The van der Waals surface area contributed by atoms with E-state index in [1.165, 1.54) is 25.3 Å². The normalized spacial score (nSPS) is 11.2. The lowest BCUT2D eigenvalue weighted by Crippen LogP contribution is -2.42. The van der Waals surface area contributed by atoms with Crippen molar-refractivity contribution in [3.05, 3.63) is 69.8 Å². The van der Waals surface area contributed by atoms with Crippen molar-refractivity contribution in [3.8, 4) is 5.75 Å². The van der Waals surface area contributed by atoms with Crippen molar-refractivity contribution >= 4 is 23.7 Å². The smallest absolute Gasteiger partial charge is 0.407 e. The van der Waals surface area contributed by atoms with E-state index in [4.69, 9.17) is 9.47 Å². The molecule has 0 fully saturated rings. The quantitative estimate of drug-likeness (QED) is 0.208. The van der Waals surface area contributed by atoms with Gasteiger partial charge in [0.2, 0.25) is 5.91 Å². The van der Waals surface area contributed by atoms with Crippen LogP contribution in [-0.4, -0.2) is 47.7 Å². The van der Waals surface area contributed by atoms with Gasteiger partial charge in [0, 0.05) is 37.1 Å². The van der Waals surface area contributed by atoms with Crippen molar-refractivity contribution in [1.29, 1.82) is 0 Å². The van der Waals surface area contributed by atoms with E-state index in [1.807, 2.05) is 30.3 Å². The Morgan fingerprint density at radius 1 is 1.09 bits per heavy atom. The van der Waals surface area contributed by atoms with Gasteiger partial charge in [-0.1, -0.05) is 36.8 Å². The van der Waals surface area contributed by atoms with Crippen LogP contribution in [0.25, 0.3) is 0 Å². The number of aliphatic carboxylic acids is 1. The van der Waals surface area contributed by atoms with Crippen molar-refractivity contribution in [2.75, 3.05) is 13.7 Å². The molecule has 0 aliphatic carbocycles. The van der Waals surface area contributed by atoms with E-state index in [0.717, 1.165) is 5.56 Å². The number of ether oxygens (including phenoxy) is 2. The summed E-state index contributed by atoms with van der Waals surface area (Å²) in [4.78, 5) is 46.0. The number of nitro groups is 1. The summed E-state index contributed by atoms with van der Waals surface area (Å²) in [7, 11) is 1.37. The second-order valence-electron chi connectivity index (χ2n) is 7.71. The molecule has 0 unspecified atom stereocenters. The SMILES string of the molecule is COc1ccc([N+](=O)[O-])cc1C[C@@H](NC(=O)CCCCCNC(=O)OCc1ccccc1)C(=O)O. The Morgan fingerprint density at radius 2 is 1.83 bits per heavy atom. The van der Waals surface area contributed by atoms with Gasteiger partial charge in [-0.25, -0.2) is 9.59 Å². The van der Waals surface area contributed by atoms with E-state index in [9.17, 15) is 29.6 Å². The summed E-state index contributed by atoms with van der Waals surface area (Å²) in [6.07, 6.45) is 1.19. The standard InChI is InChI=1S/C24H29N3O8/c1-34-21-12-11-19(27(32)33)14-18(21)15-20(23(29)30)26-22(28)10-6-3-7-13-25-24(31)35-16-17-8-4-2-5-9-17/h2,4-5,8-9,11-12,14,20H,3,6-7,10,13,15-16H2,1H3,(H,25,31)(H,26,28)(H,29,30)/t20-/m1/s1. The average molecular weight is 488 g/mol. The number of hydrogen-bond acceptors (Lipinski definition) is 7. The summed E-state index contributed by atoms with van der Waals surface area (Å²) >= 11 is 0. The Balaban J connectivity index is 1.70. The predicted octanol–water partition coefficient (Wildman–Crippen LogP) is 3.20. The first-order chi connectivity index (χ1) is 16.8. The summed E-state index contributed by atoms with van der Waals surface area (Å²) in [6, 6.07) is 11.9. The third kappa shape index (κ3) is 9.70. The van der Waals surface area contributed by atoms with Crippen molar-refractivity contribution in [2.24, 2.45) is 0 Å². The highest BCUT2D eigenvalue weighted by Gasteiger charge is 2.23. The second-order valence-corrected chi connectivity index (χ2v) is 7.71. The summed E-state index contributed by atoms with van der Waals surface area (Å²) in [5.74, 6) is -1.41. The molecule has 188 valence electrons. The lowest BCUT2D eigenvalue weighted by molar-refractivity contribution is -0.384. The van der Waals surface area contributed by atoms with Crippen LogP contribution in [0.2, 0.25) is 0 Å². The third-order valence-corrected chi connectivity index (χ3v) is 5.09. The van der Waals surface area contributed by atoms with Gasteiger partial charge in [-0.05, 0) is 24.5 Å². The predicted molar refractivity (Wildman–Crippen MR) is 126 cm³/mol. The summed E-state index contributed by atoms with van der Waals surface area (Å²) < 4.78 is 10.3. The number of nitrogens with zero attached hydrogens (tertiary/aromatic N) is 1. The monoisotopic (exact) mass is 487 g/mol. The molecule has 11 heteroatoms. The molecule has 11 nitrogen and oxygen atoms in total. The molecule has 35 heavy (non-hydrogen) atoms. The Hall–Kier alpha value is -4.15. The first-order valence-corrected chi connectivity index (χ1v) is 11.1. The zero-order chi connectivity index (χ0) is 25.6. The molecule has 0 saturated heterocycles. The van der Waals surface area contributed by atoms with Gasteiger partial charge >= 0.3 is 12.1 Å². The number of nitrogens with one attached hydrogen (secondary N) is 2. The number of methoxy groups -OCH3 is 1. The fourth-order valence-electron chi connectivity index (χ4n) is 3.28. The number of benzene rings is 2. The number of carboxylic acid groups (broad SMARTS) is 1. The van der Waals surface area contributed by atoms with Gasteiger partial charge in [-0.15, -0.1) is 0 Å². The topological polar surface area (TPSA) is 157 Å². The van der Waals surface area contributed by atoms with Gasteiger partial charge in [-0.2, -0.15) is 0 Å². The van der Waals surface area contributed by atoms with Gasteiger partial charge in [0.05, 0.1) is 12.0 Å². The number of carboxylic acids is 1. The molecule has 0 spiro atoms. The van der Waals surface area contributed by atoms with Crippen LogP contribution in [-0.2, 0) is 27.4 Å². The largest absolute Gasteiger partial charge is 0.496 e. The van der Waals surface area contributed by atoms with Crippen LogP contribution in [0.5, 0.6) is 5.75 Å². The Bertz CT molecular complexity index is 1010. The number of carbonyl (C=O) groups is 3. The average Bonchev–Trinajstić information content (AvgIpc) is 2.84. The lowest BCUT2D eigenvalue weighted by atomic mass is 10.0. The van der Waals surface area contributed by atoms with Crippen LogP contribution < -0.4 is 15.4 Å². The van der Waals surface area contributed by atoms with E-state index < -0.39 is 28.9 Å². The minimum absolute atomic E-state index is 0.105. The van der Waals surface area contributed by atoms with Crippen LogP contribution >= 0.6 is 0 Å². The number of hydrogen-bond donors (Lipinski definition) is 3. The maximum Gasteiger partial charge on any atom is 0.407 e. The van der Waals surface area contributed by atoms with Gasteiger partial charge in [0.15, 0.2) is 0 Å².